The number of furan rings is 1. The number of benzene rings is 3. The van der Waals surface area contributed by atoms with Crippen molar-refractivity contribution in [3.05, 3.63) is 102 Å². The molecular formula is C28H18F2N4O2S. The molecule has 2 aromatic heterocycles. The largest absolute Gasteiger partial charge is 0.454 e. The molecule has 0 saturated heterocycles. The Bertz CT molecular complexity index is 1600. The van der Waals surface area contributed by atoms with E-state index in [9.17, 15) is 18.8 Å². The fraction of sp³-hybridized carbons (Fsp3) is 0.0357. The molecule has 0 bridgehead atoms. The van der Waals surface area contributed by atoms with Gasteiger partial charge in [0.15, 0.2) is 5.76 Å². The zero-order valence-corrected chi connectivity index (χ0v) is 20.0. The van der Waals surface area contributed by atoms with E-state index in [-0.39, 0.29) is 5.57 Å². The van der Waals surface area contributed by atoms with Crippen LogP contribution in [0.5, 0.6) is 0 Å². The minimum atomic E-state index is -2.54. The number of anilines is 1. The number of hydrogen-bond acceptors (Lipinski definition) is 5. The molecule has 2 heterocycles. The molecule has 0 fully saturated rings. The van der Waals surface area contributed by atoms with Gasteiger partial charge in [0, 0.05) is 27.7 Å². The van der Waals surface area contributed by atoms with Gasteiger partial charge in [-0.15, -0.1) is 0 Å². The molecule has 182 valence electrons. The smallest absolute Gasteiger partial charge is 0.288 e. The molecule has 5 rings (SSSR count). The first kappa shape index (κ1) is 24.0. The van der Waals surface area contributed by atoms with Crippen molar-refractivity contribution in [3.8, 4) is 23.2 Å². The van der Waals surface area contributed by atoms with Gasteiger partial charge in [-0.05, 0) is 54.6 Å². The molecule has 0 aliphatic heterocycles. The Morgan fingerprint density at radius 2 is 1.78 bits per heavy atom. The number of para-hydroxylation sites is 2. The van der Waals surface area contributed by atoms with Crippen molar-refractivity contribution in [2.45, 2.75) is 10.7 Å². The average molecular weight is 513 g/mol. The van der Waals surface area contributed by atoms with Gasteiger partial charge in [0.2, 0.25) is 0 Å². The van der Waals surface area contributed by atoms with Crippen LogP contribution in [0.15, 0.2) is 106 Å². The number of halogens is 2. The second-order valence-corrected chi connectivity index (χ2v) is 8.95. The Labute approximate surface area is 214 Å². The number of fused-ring (bicyclic) bond motifs is 1. The molecule has 0 spiro atoms. The summed E-state index contributed by atoms with van der Waals surface area (Å²) in [5.41, 5.74) is 2.68. The molecule has 3 aromatic carbocycles. The summed E-state index contributed by atoms with van der Waals surface area (Å²) in [6.45, 7) is 0. The molecule has 1 amide bonds. The molecule has 1 N–H and O–H groups in total. The van der Waals surface area contributed by atoms with Crippen LogP contribution in [0.4, 0.5) is 14.5 Å². The number of rotatable bonds is 7. The number of nitrogens with zero attached hydrogens (tertiary/aromatic N) is 3. The summed E-state index contributed by atoms with van der Waals surface area (Å²) in [4.78, 5) is 13.3. The van der Waals surface area contributed by atoms with Gasteiger partial charge in [0.1, 0.15) is 22.9 Å². The minimum absolute atomic E-state index is 0.156. The second kappa shape index (κ2) is 10.5. The summed E-state index contributed by atoms with van der Waals surface area (Å²) in [6, 6.07) is 26.7. The van der Waals surface area contributed by atoms with E-state index in [1.54, 1.807) is 10.9 Å². The van der Waals surface area contributed by atoms with E-state index in [1.807, 2.05) is 66.7 Å². The van der Waals surface area contributed by atoms with Crippen LogP contribution in [0, 0.1) is 11.3 Å². The number of nitriles is 1. The quantitative estimate of drug-likeness (QED) is 0.142. The number of carbonyl (C=O) groups excluding carboxylic acids is 1. The van der Waals surface area contributed by atoms with Gasteiger partial charge in [0.25, 0.3) is 11.7 Å². The van der Waals surface area contributed by atoms with Crippen molar-refractivity contribution in [1.29, 1.82) is 5.26 Å². The lowest BCUT2D eigenvalue weighted by molar-refractivity contribution is -0.112. The fourth-order valence-corrected chi connectivity index (χ4v) is 4.22. The lowest BCUT2D eigenvalue weighted by Gasteiger charge is -2.06. The average Bonchev–Trinajstić information content (AvgIpc) is 3.53. The van der Waals surface area contributed by atoms with E-state index >= 15 is 0 Å². The summed E-state index contributed by atoms with van der Waals surface area (Å²) in [6.07, 6.45) is 3.17. The molecule has 5 aromatic rings. The summed E-state index contributed by atoms with van der Waals surface area (Å²) < 4.78 is 32.8. The van der Waals surface area contributed by atoms with Crippen LogP contribution in [0.3, 0.4) is 0 Å². The molecule has 0 atom stereocenters. The third-order valence-corrected chi connectivity index (χ3v) is 6.15. The molecule has 6 nitrogen and oxygen atoms in total. The molecule has 0 aliphatic rings. The van der Waals surface area contributed by atoms with E-state index in [0.29, 0.717) is 44.9 Å². The molecule has 0 radical (unpaired) electrons. The van der Waals surface area contributed by atoms with Gasteiger partial charge in [-0.2, -0.15) is 19.1 Å². The predicted octanol–water partition coefficient (Wildman–Crippen LogP) is 7.15. The highest BCUT2D eigenvalue weighted by atomic mass is 32.2. The van der Waals surface area contributed by atoms with Crippen LogP contribution in [0.1, 0.15) is 5.56 Å². The van der Waals surface area contributed by atoms with Crippen LogP contribution >= 0.6 is 11.8 Å². The highest BCUT2D eigenvalue weighted by Crippen LogP contribution is 2.31. The predicted molar refractivity (Wildman–Crippen MR) is 139 cm³/mol. The Morgan fingerprint density at radius 3 is 2.49 bits per heavy atom. The maximum absolute atomic E-state index is 12.9. The molecule has 0 saturated carbocycles. The van der Waals surface area contributed by atoms with Gasteiger partial charge >= 0.3 is 0 Å². The second-order valence-electron chi connectivity index (χ2n) is 7.89. The number of alkyl halides is 2. The number of nitrogens with one attached hydrogen (secondary N) is 1. The van der Waals surface area contributed by atoms with Crippen LogP contribution in [-0.4, -0.2) is 21.4 Å². The zero-order chi connectivity index (χ0) is 25.8. The van der Waals surface area contributed by atoms with Crippen molar-refractivity contribution < 1.29 is 18.0 Å². The van der Waals surface area contributed by atoms with Crippen molar-refractivity contribution in [1.82, 2.24) is 9.78 Å². The van der Waals surface area contributed by atoms with E-state index in [2.05, 4.69) is 10.4 Å². The highest BCUT2D eigenvalue weighted by Gasteiger charge is 2.18. The van der Waals surface area contributed by atoms with Crippen LogP contribution in [0.2, 0.25) is 0 Å². The number of amides is 1. The molecular weight excluding hydrogens is 494 g/mol. The number of carbonyl (C=O) groups is 1. The molecule has 0 aliphatic carbocycles. The Morgan fingerprint density at radius 1 is 1.05 bits per heavy atom. The standard InChI is InChI=1S/C28H18F2N4O2S/c29-28(30)37-23-12-10-21(11-13-23)32-27(35)19(16-31)14-20-17-34(22-7-2-1-3-8-22)33-26(20)25-15-18-6-4-5-9-24(18)36-25/h1-15,17,28H,(H,32,35)/b19-14+. The lowest BCUT2D eigenvalue weighted by atomic mass is 10.1. The summed E-state index contributed by atoms with van der Waals surface area (Å²) in [5.74, 6) is -2.68. The Hall–Kier alpha value is -4.68. The first-order valence-electron chi connectivity index (χ1n) is 11.1. The normalized spacial score (nSPS) is 11.6. The maximum Gasteiger partial charge on any atom is 0.288 e. The van der Waals surface area contributed by atoms with Crippen molar-refractivity contribution in [2.24, 2.45) is 0 Å². The van der Waals surface area contributed by atoms with E-state index in [0.717, 1.165) is 11.1 Å². The Balaban J connectivity index is 1.50. The van der Waals surface area contributed by atoms with Crippen molar-refractivity contribution >= 4 is 40.4 Å². The zero-order valence-electron chi connectivity index (χ0n) is 19.1. The van der Waals surface area contributed by atoms with Gasteiger partial charge in [-0.3, -0.25) is 4.79 Å². The van der Waals surface area contributed by atoms with E-state index < -0.39 is 11.7 Å². The van der Waals surface area contributed by atoms with Gasteiger partial charge in [-0.1, -0.05) is 48.2 Å². The molecule has 9 heteroatoms. The SMILES string of the molecule is N#C/C(=C\c1cn(-c2ccccc2)nc1-c1cc2ccccc2o1)C(=O)Nc1ccc(SC(F)F)cc1. The first-order valence-corrected chi connectivity index (χ1v) is 12.0. The number of thioether (sulfide) groups is 1. The third-order valence-electron chi connectivity index (χ3n) is 5.42. The van der Waals surface area contributed by atoms with Gasteiger partial charge in [-0.25, -0.2) is 4.68 Å². The third kappa shape index (κ3) is 5.44. The summed E-state index contributed by atoms with van der Waals surface area (Å²) in [5, 5.41) is 18.0. The van der Waals surface area contributed by atoms with Gasteiger partial charge in [0.05, 0.1) is 5.69 Å². The molecule has 0 unspecified atom stereocenters. The lowest BCUT2D eigenvalue weighted by Crippen LogP contribution is -2.13. The van der Waals surface area contributed by atoms with Crippen molar-refractivity contribution in [3.63, 3.8) is 0 Å². The summed E-state index contributed by atoms with van der Waals surface area (Å²) >= 11 is 0.412. The number of aromatic nitrogens is 2. The number of hydrogen-bond donors (Lipinski definition) is 1. The summed E-state index contributed by atoms with van der Waals surface area (Å²) in [7, 11) is 0. The van der Waals surface area contributed by atoms with Crippen molar-refractivity contribution in [2.75, 3.05) is 5.32 Å². The van der Waals surface area contributed by atoms with E-state index in [1.165, 1.54) is 30.3 Å². The first-order chi connectivity index (χ1) is 18.0. The van der Waals surface area contributed by atoms with E-state index in [4.69, 9.17) is 4.42 Å². The fourth-order valence-electron chi connectivity index (χ4n) is 3.72. The molecule has 37 heavy (non-hydrogen) atoms. The van der Waals surface area contributed by atoms with Crippen LogP contribution in [-0.2, 0) is 4.79 Å². The Kier molecular flexibility index (Phi) is 6.83. The minimum Gasteiger partial charge on any atom is -0.454 e. The van der Waals surface area contributed by atoms with Gasteiger partial charge < -0.3 is 9.73 Å². The topological polar surface area (TPSA) is 83.8 Å². The van der Waals surface area contributed by atoms with Crippen LogP contribution < -0.4 is 5.32 Å². The monoisotopic (exact) mass is 512 g/mol. The van der Waals surface area contributed by atoms with Crippen LogP contribution in [0.25, 0.3) is 34.2 Å². The highest BCUT2D eigenvalue weighted by molar-refractivity contribution is 7.99. The maximum atomic E-state index is 12.9.